The van der Waals surface area contributed by atoms with Crippen molar-refractivity contribution in [3.63, 3.8) is 0 Å². The highest BCUT2D eigenvalue weighted by Gasteiger charge is 2.43. The van der Waals surface area contributed by atoms with E-state index in [1.54, 1.807) is 43.5 Å². The second-order valence-electron chi connectivity index (χ2n) is 27.3. The molecular weight excluding hydrogens is 1400 g/mol. The number of hydrogen-bond acceptors (Lipinski definition) is 23. The standard InChI is InChI=1S/C75H104N8O20S2/c1-6-44(3)67-73(98)79-57(27-31-104-5)75(100)103-41-53(61(89)35-51(32-47-17-23-54(86)24-18-47)70(95)80-59(72(97)81-67)34-46-12-9-8-10-13-46)37-63(91)68(45(4)85)82-71(96)52(40-84)36-62(90)58(33-48-19-25-55(87)26-20-48)78-65(92)42-102-30-29-101-28-11-14-60(88)56(76)43-105-64-38-66(93)83(74(64)99)39-49-15-21-50(22-16-49)69(94)77-7-2/h8-10,12-13,17-20,23-26,44-45,49-53,56-59,64,67-68,84-87H,6-7,11,14-16,21-22,27-43,76H2,1-5H3,(H,77,94)(H,78,92)(H,79,98)(H,80,95)(H,81,97)(H,82,96)/t44?,45?,49?,50?,51-,52+,53+,56+,57+,58+,59+,64?,67+,68+/m1/s1. The molecule has 2 heterocycles. The molecule has 2 saturated heterocycles. The molecule has 3 unspecified atom stereocenters. The Labute approximate surface area is 621 Å². The van der Waals surface area contributed by atoms with Gasteiger partial charge in [0.1, 0.15) is 60.4 Å². The molecule has 0 spiro atoms. The van der Waals surface area contributed by atoms with Crippen molar-refractivity contribution in [2.75, 3.05) is 70.5 Å². The lowest BCUT2D eigenvalue weighted by atomic mass is 9.81. The Hall–Kier alpha value is -8.13. The minimum atomic E-state index is -1.82. The van der Waals surface area contributed by atoms with Crippen molar-refractivity contribution in [3.8, 4) is 11.5 Å². The molecule has 3 fully saturated rings. The molecule has 12 atom stereocenters. The van der Waals surface area contributed by atoms with Crippen molar-refractivity contribution in [2.24, 2.45) is 41.2 Å². The van der Waals surface area contributed by atoms with Crippen LogP contribution in [0.4, 0.5) is 0 Å². The number of rotatable bonds is 39. The summed E-state index contributed by atoms with van der Waals surface area (Å²) in [5.41, 5.74) is 7.81. The number of hydrogen-bond donors (Lipinski definition) is 11. The van der Waals surface area contributed by atoms with Crippen molar-refractivity contribution >= 4 is 99.9 Å². The number of phenolic OH excluding ortho intramolecular Hbond substituents is 2. The van der Waals surface area contributed by atoms with Crippen LogP contribution in [0.3, 0.4) is 0 Å². The molecule has 3 aliphatic rings. The quantitative estimate of drug-likeness (QED) is 0.0222. The number of thioether (sulfide) groups is 2. The van der Waals surface area contributed by atoms with Crippen LogP contribution in [-0.4, -0.2) is 220 Å². The Kier molecular flexibility index (Phi) is 36.0. The van der Waals surface area contributed by atoms with E-state index in [-0.39, 0.29) is 111 Å². The number of amides is 8. The van der Waals surface area contributed by atoms with Crippen LogP contribution in [0.1, 0.15) is 121 Å². The maximum atomic E-state index is 14.9. The SMILES string of the molecule is CCNC(=O)C1CCC(CN2C(=O)CC(SC[C@H](N)C(=O)CCCOCCOCC(=O)N[C@@H](Cc3ccc(O)cc3)C(=O)C[C@@H](CO)C(=O)N[C@H](C(=O)C[C@H]3COC(=O)[C@H](CCSC)NC(=O)[C@H](C(C)CC)NC(=O)[C@H](Cc4ccccc4)NC(=O)[C@H](Cc4ccc(O)cc4)CC3=O)C(C)O)C2=O)CC1. The number of aliphatic hydroxyl groups is 2. The van der Waals surface area contributed by atoms with Gasteiger partial charge in [0.2, 0.25) is 47.3 Å². The number of carbonyl (C=O) groups excluding carboxylic acids is 13. The summed E-state index contributed by atoms with van der Waals surface area (Å²) in [6, 6.07) is 12.5. The Balaban J connectivity index is 1.06. The molecule has 6 rings (SSSR count). The number of aliphatic hydroxyl groups excluding tert-OH is 2. The van der Waals surface area contributed by atoms with Crippen LogP contribution in [0, 0.1) is 35.5 Å². The highest BCUT2D eigenvalue weighted by molar-refractivity contribution is 8.00. The molecule has 576 valence electrons. The number of phenols is 2. The minimum Gasteiger partial charge on any atom is -0.508 e. The fourth-order valence-corrected chi connectivity index (χ4v) is 14.3. The Morgan fingerprint density at radius 1 is 0.733 bits per heavy atom. The zero-order chi connectivity index (χ0) is 76.7. The van der Waals surface area contributed by atoms with Gasteiger partial charge in [-0.1, -0.05) is 74.9 Å². The van der Waals surface area contributed by atoms with Crippen molar-refractivity contribution in [1.29, 1.82) is 0 Å². The molecular formula is C75H104N8O20S2. The molecule has 8 amide bonds. The van der Waals surface area contributed by atoms with E-state index in [0.29, 0.717) is 61.2 Å². The van der Waals surface area contributed by atoms with Crippen LogP contribution < -0.4 is 37.6 Å². The summed E-state index contributed by atoms with van der Waals surface area (Å²) in [7, 11) is 0. The lowest BCUT2D eigenvalue weighted by Crippen LogP contribution is -2.58. The Bertz CT molecular complexity index is 3410. The summed E-state index contributed by atoms with van der Waals surface area (Å²) >= 11 is 2.55. The first-order valence-electron chi connectivity index (χ1n) is 36.0. The van der Waals surface area contributed by atoms with Crippen LogP contribution in [0.15, 0.2) is 78.9 Å². The zero-order valence-corrected chi connectivity index (χ0v) is 62.1. The van der Waals surface area contributed by atoms with Crippen LogP contribution in [-0.2, 0) is 95.8 Å². The number of ketones is 4. The van der Waals surface area contributed by atoms with E-state index in [0.717, 1.165) is 12.8 Å². The maximum absolute atomic E-state index is 14.9. The van der Waals surface area contributed by atoms with Gasteiger partial charge in [0.25, 0.3) is 0 Å². The molecule has 30 heteroatoms. The van der Waals surface area contributed by atoms with E-state index in [1.165, 1.54) is 83.9 Å². The number of esters is 1. The highest BCUT2D eigenvalue weighted by atomic mass is 32.2. The smallest absolute Gasteiger partial charge is 0.328 e. The molecule has 1 aliphatic carbocycles. The summed E-state index contributed by atoms with van der Waals surface area (Å²) in [4.78, 5) is 181. The molecule has 2 aliphatic heterocycles. The van der Waals surface area contributed by atoms with E-state index in [2.05, 4.69) is 31.9 Å². The third kappa shape index (κ3) is 27.9. The number of carbonyl (C=O) groups is 13. The van der Waals surface area contributed by atoms with Gasteiger partial charge in [-0.05, 0) is 130 Å². The van der Waals surface area contributed by atoms with Gasteiger partial charge in [-0.3, -0.25) is 62.4 Å². The first-order valence-corrected chi connectivity index (χ1v) is 38.5. The topological polar surface area (TPSA) is 432 Å². The average Bonchev–Trinajstić information content (AvgIpc) is 1.75. The van der Waals surface area contributed by atoms with Crippen LogP contribution in [0.2, 0.25) is 0 Å². The van der Waals surface area contributed by atoms with Crippen molar-refractivity contribution in [3.05, 3.63) is 95.6 Å². The lowest BCUT2D eigenvalue weighted by molar-refractivity contribution is -0.152. The number of nitrogens with two attached hydrogens (primary N) is 1. The van der Waals surface area contributed by atoms with Gasteiger partial charge in [0, 0.05) is 75.8 Å². The molecule has 3 aromatic rings. The average molecular weight is 1500 g/mol. The van der Waals surface area contributed by atoms with Gasteiger partial charge in [-0.15, -0.1) is 11.8 Å². The third-order valence-electron chi connectivity index (χ3n) is 19.2. The lowest BCUT2D eigenvalue weighted by Gasteiger charge is -2.30. The second-order valence-corrected chi connectivity index (χ2v) is 29.5. The van der Waals surface area contributed by atoms with Gasteiger partial charge in [-0.2, -0.15) is 11.8 Å². The van der Waals surface area contributed by atoms with Gasteiger partial charge >= 0.3 is 5.97 Å². The summed E-state index contributed by atoms with van der Waals surface area (Å²) < 4.78 is 16.9. The van der Waals surface area contributed by atoms with Crippen molar-refractivity contribution in [1.82, 2.24) is 36.8 Å². The van der Waals surface area contributed by atoms with Crippen molar-refractivity contribution in [2.45, 2.75) is 172 Å². The molecule has 28 nitrogen and oxygen atoms in total. The molecule has 0 radical (unpaired) electrons. The van der Waals surface area contributed by atoms with Gasteiger partial charge in [-0.25, -0.2) is 4.79 Å². The zero-order valence-electron chi connectivity index (χ0n) is 60.4. The van der Waals surface area contributed by atoms with E-state index in [1.807, 2.05) is 13.8 Å². The summed E-state index contributed by atoms with van der Waals surface area (Å²) in [6.45, 7) is 5.21. The van der Waals surface area contributed by atoms with Crippen LogP contribution in [0.25, 0.3) is 0 Å². The van der Waals surface area contributed by atoms with E-state index < -0.39 is 163 Å². The fourth-order valence-electron chi connectivity index (χ4n) is 12.7. The monoisotopic (exact) mass is 1500 g/mol. The van der Waals surface area contributed by atoms with Crippen molar-refractivity contribution < 1.29 is 97.0 Å². The summed E-state index contributed by atoms with van der Waals surface area (Å²) in [5.74, 6) is -12.9. The number of Topliss-reactive ketones (excluding diaryl/α,β-unsaturated/α-hetero) is 4. The second kappa shape index (κ2) is 44.1. The molecule has 105 heavy (non-hydrogen) atoms. The summed E-state index contributed by atoms with van der Waals surface area (Å²) in [5, 5.41) is 57.5. The largest absolute Gasteiger partial charge is 0.508 e. The van der Waals surface area contributed by atoms with E-state index in [4.69, 9.17) is 19.9 Å². The van der Waals surface area contributed by atoms with E-state index in [9.17, 15) is 82.8 Å². The summed E-state index contributed by atoms with van der Waals surface area (Å²) in [6.07, 6.45) is 1.35. The number of ether oxygens (including phenoxy) is 3. The van der Waals surface area contributed by atoms with Gasteiger partial charge in [0.05, 0.1) is 55.1 Å². The fraction of sp³-hybridized carbons (Fsp3) is 0.587. The van der Waals surface area contributed by atoms with Gasteiger partial charge < -0.3 is 72.3 Å². The third-order valence-corrected chi connectivity index (χ3v) is 21.1. The number of cyclic esters (lactones) is 1. The van der Waals surface area contributed by atoms with E-state index >= 15 is 0 Å². The predicted molar refractivity (Wildman–Crippen MR) is 391 cm³/mol. The Morgan fingerprint density at radius 3 is 2.02 bits per heavy atom. The number of likely N-dealkylation sites (tertiary alicyclic amines) is 1. The minimum absolute atomic E-state index is 0.00947. The Morgan fingerprint density at radius 2 is 1.38 bits per heavy atom. The first-order chi connectivity index (χ1) is 50.2. The maximum Gasteiger partial charge on any atom is 0.328 e. The number of benzene rings is 3. The first kappa shape index (κ1) is 85.8. The normalized spacial score (nSPS) is 22.4. The predicted octanol–water partition coefficient (Wildman–Crippen LogP) is 2.52. The highest BCUT2D eigenvalue weighted by Crippen LogP contribution is 2.33. The molecule has 1 saturated carbocycles. The molecule has 12 N–H and O–H groups in total. The van der Waals surface area contributed by atoms with Gasteiger partial charge in [0.15, 0.2) is 11.6 Å². The molecule has 0 bridgehead atoms. The number of imide groups is 1. The van der Waals surface area contributed by atoms with Crippen LogP contribution in [0.5, 0.6) is 11.5 Å². The number of aromatic hydroxyl groups is 2. The van der Waals surface area contributed by atoms with Crippen LogP contribution >= 0.6 is 23.5 Å². The molecule has 0 aromatic heterocycles. The molecule has 3 aromatic carbocycles. The number of nitrogens with one attached hydrogen (secondary N) is 6. The number of nitrogens with zero attached hydrogens (tertiary/aromatic N) is 1.